The summed E-state index contributed by atoms with van der Waals surface area (Å²) < 4.78 is 5.14. The van der Waals surface area contributed by atoms with Crippen molar-refractivity contribution >= 4 is 5.97 Å². The number of carbonyl (C=O) groups is 1. The van der Waals surface area contributed by atoms with Gasteiger partial charge in [-0.3, -0.25) is 4.79 Å². The summed E-state index contributed by atoms with van der Waals surface area (Å²) in [5.74, 6) is -0.0366. The molecule has 0 spiro atoms. The molecule has 0 fully saturated rings. The normalized spacial score (nSPS) is 12.5. The van der Waals surface area contributed by atoms with Crippen molar-refractivity contribution in [2.45, 2.75) is 65.4 Å². The molecule has 0 aromatic rings. The zero-order valence-corrected chi connectivity index (χ0v) is 9.14. The van der Waals surface area contributed by atoms with Crippen LogP contribution in [0.2, 0.25) is 0 Å². The fourth-order valence-corrected chi connectivity index (χ4v) is 1.06. The van der Waals surface area contributed by atoms with Gasteiger partial charge in [-0.25, -0.2) is 0 Å². The van der Waals surface area contributed by atoms with Crippen LogP contribution < -0.4 is 0 Å². The van der Waals surface area contributed by atoms with E-state index in [9.17, 15) is 4.79 Å². The maximum atomic E-state index is 11.2. The van der Waals surface area contributed by atoms with E-state index >= 15 is 0 Å². The van der Waals surface area contributed by atoms with Gasteiger partial charge in [0.1, 0.15) is 0 Å². The SMILES string of the molecule is CCCCCCC(=O)O[C@H](C)CC. The topological polar surface area (TPSA) is 26.3 Å². The monoisotopic (exact) mass is 186 g/mol. The predicted molar refractivity (Wildman–Crippen MR) is 54.6 cm³/mol. The Labute approximate surface area is 81.7 Å². The van der Waals surface area contributed by atoms with Crippen LogP contribution in [0.4, 0.5) is 0 Å². The van der Waals surface area contributed by atoms with Crippen LogP contribution >= 0.6 is 0 Å². The standard InChI is InChI=1S/C11H22O2/c1-4-6-7-8-9-11(12)13-10(3)5-2/h10H,4-9H2,1-3H3/t10-/m1/s1. The summed E-state index contributed by atoms with van der Waals surface area (Å²) in [6.45, 7) is 6.12. The van der Waals surface area contributed by atoms with E-state index in [0.717, 1.165) is 19.3 Å². The molecule has 0 amide bonds. The van der Waals surface area contributed by atoms with Crippen LogP contribution in [0.25, 0.3) is 0 Å². The van der Waals surface area contributed by atoms with Gasteiger partial charge in [-0.05, 0) is 19.8 Å². The van der Waals surface area contributed by atoms with E-state index in [1.54, 1.807) is 0 Å². The minimum absolute atomic E-state index is 0.0366. The molecule has 0 bridgehead atoms. The molecule has 0 unspecified atom stereocenters. The Kier molecular flexibility index (Phi) is 7.76. The highest BCUT2D eigenvalue weighted by molar-refractivity contribution is 5.69. The van der Waals surface area contributed by atoms with Crippen molar-refractivity contribution in [3.05, 3.63) is 0 Å². The zero-order chi connectivity index (χ0) is 10.1. The second-order valence-corrected chi connectivity index (χ2v) is 3.52. The van der Waals surface area contributed by atoms with Gasteiger partial charge < -0.3 is 4.74 Å². The van der Waals surface area contributed by atoms with Gasteiger partial charge in [0.05, 0.1) is 6.10 Å². The molecule has 0 radical (unpaired) electrons. The second-order valence-electron chi connectivity index (χ2n) is 3.52. The number of carbonyl (C=O) groups excluding carboxylic acids is 1. The second kappa shape index (κ2) is 8.09. The van der Waals surface area contributed by atoms with Crippen LogP contribution in [0, 0.1) is 0 Å². The van der Waals surface area contributed by atoms with Gasteiger partial charge in [-0.15, -0.1) is 0 Å². The summed E-state index contributed by atoms with van der Waals surface area (Å²) in [5, 5.41) is 0. The molecule has 0 rings (SSSR count). The highest BCUT2D eigenvalue weighted by Gasteiger charge is 2.06. The quantitative estimate of drug-likeness (QED) is 0.450. The van der Waals surface area contributed by atoms with Crippen LogP contribution in [0.15, 0.2) is 0 Å². The summed E-state index contributed by atoms with van der Waals surface area (Å²) in [5.41, 5.74) is 0. The molecule has 0 saturated heterocycles. The molecule has 0 aliphatic carbocycles. The minimum atomic E-state index is -0.0366. The van der Waals surface area contributed by atoms with E-state index in [0.29, 0.717) is 6.42 Å². The van der Waals surface area contributed by atoms with Crippen molar-refractivity contribution in [1.82, 2.24) is 0 Å². The van der Waals surface area contributed by atoms with Crippen LogP contribution in [0.5, 0.6) is 0 Å². The lowest BCUT2D eigenvalue weighted by atomic mass is 10.1. The Balaban J connectivity index is 3.30. The van der Waals surface area contributed by atoms with Crippen LogP contribution in [0.3, 0.4) is 0 Å². The number of ether oxygens (including phenoxy) is 1. The molecule has 1 atom stereocenters. The largest absolute Gasteiger partial charge is 0.463 e. The Morgan fingerprint density at radius 1 is 1.23 bits per heavy atom. The summed E-state index contributed by atoms with van der Waals surface area (Å²) >= 11 is 0. The van der Waals surface area contributed by atoms with Crippen LogP contribution in [-0.4, -0.2) is 12.1 Å². The minimum Gasteiger partial charge on any atom is -0.463 e. The Hall–Kier alpha value is -0.530. The maximum Gasteiger partial charge on any atom is 0.306 e. The van der Waals surface area contributed by atoms with Gasteiger partial charge >= 0.3 is 5.97 Å². The molecule has 2 nitrogen and oxygen atoms in total. The van der Waals surface area contributed by atoms with Crippen LogP contribution in [-0.2, 0) is 9.53 Å². The first kappa shape index (κ1) is 12.5. The van der Waals surface area contributed by atoms with Crippen molar-refractivity contribution in [1.29, 1.82) is 0 Å². The number of hydrogen-bond acceptors (Lipinski definition) is 2. The number of unbranched alkanes of at least 4 members (excludes halogenated alkanes) is 3. The fraction of sp³-hybridized carbons (Fsp3) is 0.909. The first-order valence-corrected chi connectivity index (χ1v) is 5.40. The molecule has 13 heavy (non-hydrogen) atoms. The van der Waals surface area contributed by atoms with Gasteiger partial charge in [0.2, 0.25) is 0 Å². The van der Waals surface area contributed by atoms with E-state index in [2.05, 4.69) is 6.92 Å². The van der Waals surface area contributed by atoms with Gasteiger partial charge in [0.25, 0.3) is 0 Å². The highest BCUT2D eigenvalue weighted by atomic mass is 16.5. The van der Waals surface area contributed by atoms with E-state index in [1.807, 2.05) is 13.8 Å². The number of hydrogen-bond donors (Lipinski definition) is 0. The molecule has 0 aliphatic rings. The Bertz CT molecular complexity index is 132. The molecule has 0 heterocycles. The smallest absolute Gasteiger partial charge is 0.306 e. The molecule has 0 N–H and O–H groups in total. The van der Waals surface area contributed by atoms with E-state index in [4.69, 9.17) is 4.74 Å². The molecule has 78 valence electrons. The number of esters is 1. The third-order valence-electron chi connectivity index (χ3n) is 2.14. The van der Waals surface area contributed by atoms with Crippen molar-refractivity contribution in [3.8, 4) is 0 Å². The van der Waals surface area contributed by atoms with E-state index in [1.165, 1.54) is 12.8 Å². The molecular weight excluding hydrogens is 164 g/mol. The van der Waals surface area contributed by atoms with Crippen molar-refractivity contribution < 1.29 is 9.53 Å². The van der Waals surface area contributed by atoms with Crippen molar-refractivity contribution in [2.75, 3.05) is 0 Å². The van der Waals surface area contributed by atoms with Crippen LogP contribution in [0.1, 0.15) is 59.3 Å². The van der Waals surface area contributed by atoms with Crippen molar-refractivity contribution in [3.63, 3.8) is 0 Å². The molecular formula is C11H22O2. The third kappa shape index (κ3) is 7.82. The fourth-order valence-electron chi connectivity index (χ4n) is 1.06. The van der Waals surface area contributed by atoms with Crippen molar-refractivity contribution in [2.24, 2.45) is 0 Å². The Morgan fingerprint density at radius 2 is 1.92 bits per heavy atom. The van der Waals surface area contributed by atoms with Gasteiger partial charge in [-0.2, -0.15) is 0 Å². The molecule has 2 heteroatoms. The predicted octanol–water partition coefficient (Wildman–Crippen LogP) is 3.30. The summed E-state index contributed by atoms with van der Waals surface area (Å²) in [6.07, 6.45) is 6.12. The first-order chi connectivity index (χ1) is 6.20. The first-order valence-electron chi connectivity index (χ1n) is 5.40. The van der Waals surface area contributed by atoms with Gasteiger partial charge in [0, 0.05) is 6.42 Å². The Morgan fingerprint density at radius 3 is 2.46 bits per heavy atom. The van der Waals surface area contributed by atoms with Gasteiger partial charge in [-0.1, -0.05) is 33.1 Å². The molecule has 0 saturated carbocycles. The van der Waals surface area contributed by atoms with E-state index in [-0.39, 0.29) is 12.1 Å². The van der Waals surface area contributed by atoms with E-state index < -0.39 is 0 Å². The third-order valence-corrected chi connectivity index (χ3v) is 2.14. The molecule has 0 aromatic carbocycles. The summed E-state index contributed by atoms with van der Waals surface area (Å²) in [6, 6.07) is 0. The highest BCUT2D eigenvalue weighted by Crippen LogP contribution is 2.05. The zero-order valence-electron chi connectivity index (χ0n) is 9.14. The molecule has 0 aromatic heterocycles. The lowest BCUT2D eigenvalue weighted by molar-refractivity contribution is -0.148. The average molecular weight is 186 g/mol. The summed E-state index contributed by atoms with van der Waals surface area (Å²) in [4.78, 5) is 11.2. The number of rotatable bonds is 7. The average Bonchev–Trinajstić information content (AvgIpc) is 2.12. The summed E-state index contributed by atoms with van der Waals surface area (Å²) in [7, 11) is 0. The lowest BCUT2D eigenvalue weighted by Crippen LogP contribution is -2.13. The molecule has 0 aliphatic heterocycles. The maximum absolute atomic E-state index is 11.2. The van der Waals surface area contributed by atoms with Gasteiger partial charge in [0.15, 0.2) is 0 Å². The lowest BCUT2D eigenvalue weighted by Gasteiger charge is -2.10.